The Morgan fingerprint density at radius 2 is 1.72 bits per heavy atom. The lowest BCUT2D eigenvalue weighted by atomic mass is 9.95. The number of rotatable bonds is 7. The number of halogens is 1. The third-order valence-electron chi connectivity index (χ3n) is 5.32. The number of carbonyl (C=O) groups excluding carboxylic acids is 2. The summed E-state index contributed by atoms with van der Waals surface area (Å²) in [6.45, 7) is 4.52. The van der Waals surface area contributed by atoms with Crippen molar-refractivity contribution < 1.29 is 14.7 Å². The Kier molecular flexibility index (Phi) is 6.75. The molecular formula is C24H26ClNO3. The Balaban J connectivity index is 2.08. The summed E-state index contributed by atoms with van der Waals surface area (Å²) >= 11 is 6.43. The molecular weight excluding hydrogens is 386 g/mol. The molecule has 3 rings (SSSR count). The summed E-state index contributed by atoms with van der Waals surface area (Å²) in [5, 5.41) is 11.5. The highest BCUT2D eigenvalue weighted by molar-refractivity contribution is 6.47. The van der Waals surface area contributed by atoms with E-state index in [0.29, 0.717) is 22.7 Å². The third-order valence-corrected chi connectivity index (χ3v) is 5.66. The normalized spacial score (nSPS) is 18.4. The smallest absolute Gasteiger partial charge is 0.295 e. The molecule has 2 aromatic carbocycles. The van der Waals surface area contributed by atoms with Crippen molar-refractivity contribution in [1.82, 2.24) is 4.90 Å². The first-order valence-corrected chi connectivity index (χ1v) is 10.4. The first kappa shape index (κ1) is 21.1. The van der Waals surface area contributed by atoms with E-state index in [0.717, 1.165) is 31.2 Å². The lowest BCUT2D eigenvalue weighted by Crippen LogP contribution is -2.30. The van der Waals surface area contributed by atoms with Crippen LogP contribution in [-0.2, 0) is 9.59 Å². The summed E-state index contributed by atoms with van der Waals surface area (Å²) < 4.78 is 0. The molecule has 1 heterocycles. The zero-order chi connectivity index (χ0) is 21.0. The van der Waals surface area contributed by atoms with Crippen LogP contribution < -0.4 is 0 Å². The van der Waals surface area contributed by atoms with Crippen LogP contribution in [0, 0.1) is 6.92 Å². The first-order valence-electron chi connectivity index (χ1n) is 10.1. The fraction of sp³-hybridized carbons (Fsp3) is 0.333. The number of nitrogens with zero attached hydrogens (tertiary/aromatic N) is 1. The Morgan fingerprint density at radius 3 is 2.38 bits per heavy atom. The van der Waals surface area contributed by atoms with E-state index < -0.39 is 17.7 Å². The standard InChI is InChI=1S/C24H26ClNO3/c1-3-4-5-8-15-26-21(18-9-6-7-10-19(18)25)20(23(28)24(26)29)22(27)17-13-11-16(2)12-14-17/h6-7,9-14,21,27H,3-5,8,15H2,1-2H3/b22-20+/t21-/m0/s1. The number of likely N-dealkylation sites (tertiary alicyclic amines) is 1. The van der Waals surface area contributed by atoms with Crippen molar-refractivity contribution in [3.63, 3.8) is 0 Å². The van der Waals surface area contributed by atoms with Gasteiger partial charge in [-0.05, 0) is 25.0 Å². The molecule has 2 aromatic rings. The second-order valence-electron chi connectivity index (χ2n) is 7.44. The van der Waals surface area contributed by atoms with Gasteiger partial charge in [0.15, 0.2) is 0 Å². The van der Waals surface area contributed by atoms with Gasteiger partial charge in [0.25, 0.3) is 11.7 Å². The van der Waals surface area contributed by atoms with Crippen LogP contribution in [0.25, 0.3) is 5.76 Å². The van der Waals surface area contributed by atoms with Crippen molar-refractivity contribution in [1.29, 1.82) is 0 Å². The topological polar surface area (TPSA) is 57.6 Å². The van der Waals surface area contributed by atoms with Crippen LogP contribution in [0.4, 0.5) is 0 Å². The molecule has 1 N–H and O–H groups in total. The third kappa shape index (κ3) is 4.38. The van der Waals surface area contributed by atoms with Crippen molar-refractivity contribution in [3.05, 3.63) is 75.8 Å². The van der Waals surface area contributed by atoms with Gasteiger partial charge in [-0.3, -0.25) is 9.59 Å². The summed E-state index contributed by atoms with van der Waals surface area (Å²) in [5.74, 6) is -1.41. The van der Waals surface area contributed by atoms with E-state index in [-0.39, 0.29) is 11.3 Å². The van der Waals surface area contributed by atoms with Gasteiger partial charge in [0.1, 0.15) is 5.76 Å². The molecule has 29 heavy (non-hydrogen) atoms. The molecule has 0 aliphatic carbocycles. The number of benzene rings is 2. The minimum absolute atomic E-state index is 0.0995. The van der Waals surface area contributed by atoms with E-state index in [4.69, 9.17) is 11.6 Å². The van der Waals surface area contributed by atoms with Crippen LogP contribution in [0.3, 0.4) is 0 Å². The molecule has 1 aliphatic heterocycles. The highest BCUT2D eigenvalue weighted by atomic mass is 35.5. The number of ketones is 1. The lowest BCUT2D eigenvalue weighted by Gasteiger charge is -2.26. The molecule has 5 heteroatoms. The zero-order valence-corrected chi connectivity index (χ0v) is 17.6. The quantitative estimate of drug-likeness (QED) is 0.277. The van der Waals surface area contributed by atoms with Gasteiger partial charge in [-0.25, -0.2) is 0 Å². The van der Waals surface area contributed by atoms with Crippen LogP contribution in [0.15, 0.2) is 54.1 Å². The predicted molar refractivity (Wildman–Crippen MR) is 116 cm³/mol. The fourth-order valence-corrected chi connectivity index (χ4v) is 3.95. The van der Waals surface area contributed by atoms with E-state index in [1.807, 2.05) is 25.1 Å². The summed E-state index contributed by atoms with van der Waals surface area (Å²) in [7, 11) is 0. The second-order valence-corrected chi connectivity index (χ2v) is 7.85. The van der Waals surface area contributed by atoms with Crippen molar-refractivity contribution in [2.45, 2.75) is 45.6 Å². The molecule has 0 bridgehead atoms. The minimum atomic E-state index is -0.688. The Bertz CT molecular complexity index is 933. The van der Waals surface area contributed by atoms with E-state index >= 15 is 0 Å². The minimum Gasteiger partial charge on any atom is -0.507 e. The monoisotopic (exact) mass is 411 g/mol. The van der Waals surface area contributed by atoms with Gasteiger partial charge in [-0.1, -0.05) is 85.8 Å². The molecule has 0 spiro atoms. The van der Waals surface area contributed by atoms with Gasteiger partial charge in [0, 0.05) is 17.1 Å². The van der Waals surface area contributed by atoms with Gasteiger partial charge in [-0.2, -0.15) is 0 Å². The summed E-state index contributed by atoms with van der Waals surface area (Å²) in [6.07, 6.45) is 3.93. The predicted octanol–water partition coefficient (Wildman–Crippen LogP) is 5.65. The zero-order valence-electron chi connectivity index (χ0n) is 16.8. The van der Waals surface area contributed by atoms with E-state index in [1.54, 1.807) is 35.2 Å². The lowest BCUT2D eigenvalue weighted by molar-refractivity contribution is -0.139. The largest absolute Gasteiger partial charge is 0.507 e. The number of hydrogen-bond acceptors (Lipinski definition) is 3. The summed E-state index contributed by atoms with van der Waals surface area (Å²) in [6, 6.07) is 13.7. The fourth-order valence-electron chi connectivity index (χ4n) is 3.71. The van der Waals surface area contributed by atoms with Gasteiger partial charge < -0.3 is 10.0 Å². The molecule has 0 aromatic heterocycles. The van der Waals surface area contributed by atoms with Crippen molar-refractivity contribution in [3.8, 4) is 0 Å². The Labute approximate surface area is 176 Å². The number of hydrogen-bond donors (Lipinski definition) is 1. The molecule has 1 aliphatic rings. The molecule has 1 amide bonds. The van der Waals surface area contributed by atoms with Crippen molar-refractivity contribution >= 4 is 29.1 Å². The van der Waals surface area contributed by atoms with Gasteiger partial charge in [-0.15, -0.1) is 0 Å². The van der Waals surface area contributed by atoms with Crippen LogP contribution in [0.5, 0.6) is 0 Å². The molecule has 0 unspecified atom stereocenters. The number of unbranched alkanes of at least 4 members (excludes halogenated alkanes) is 3. The van der Waals surface area contributed by atoms with E-state index in [2.05, 4.69) is 6.92 Å². The SMILES string of the molecule is CCCCCCN1C(=O)C(=O)/C(=C(/O)c2ccc(C)cc2)[C@@H]1c1ccccc1Cl. The van der Waals surface area contributed by atoms with Crippen molar-refractivity contribution in [2.24, 2.45) is 0 Å². The molecule has 1 atom stereocenters. The first-order chi connectivity index (χ1) is 14.0. The number of aryl methyl sites for hydroxylation is 1. The van der Waals surface area contributed by atoms with Crippen LogP contribution in [-0.4, -0.2) is 28.2 Å². The van der Waals surface area contributed by atoms with E-state index in [1.165, 1.54) is 0 Å². The van der Waals surface area contributed by atoms with Crippen molar-refractivity contribution in [2.75, 3.05) is 6.54 Å². The Hall–Kier alpha value is -2.59. The summed E-state index contributed by atoms with van der Waals surface area (Å²) in [5.41, 5.74) is 2.30. The van der Waals surface area contributed by atoms with Crippen LogP contribution in [0.2, 0.25) is 5.02 Å². The Morgan fingerprint density at radius 1 is 1.03 bits per heavy atom. The number of carbonyl (C=O) groups is 2. The average molecular weight is 412 g/mol. The molecule has 0 saturated carbocycles. The van der Waals surface area contributed by atoms with Crippen LogP contribution >= 0.6 is 11.6 Å². The molecule has 4 nitrogen and oxygen atoms in total. The second kappa shape index (κ2) is 9.27. The van der Waals surface area contributed by atoms with E-state index in [9.17, 15) is 14.7 Å². The number of Topliss-reactive ketones (excluding diaryl/α,β-unsaturated/α-hetero) is 1. The van der Waals surface area contributed by atoms with Gasteiger partial charge in [0.2, 0.25) is 0 Å². The maximum atomic E-state index is 12.9. The average Bonchev–Trinajstić information content (AvgIpc) is 2.96. The molecule has 1 fully saturated rings. The molecule has 152 valence electrons. The highest BCUT2D eigenvalue weighted by Crippen LogP contribution is 2.41. The number of aliphatic hydroxyl groups is 1. The highest BCUT2D eigenvalue weighted by Gasteiger charge is 2.46. The van der Waals surface area contributed by atoms with Gasteiger partial charge in [0.05, 0.1) is 11.6 Å². The molecule has 1 saturated heterocycles. The van der Waals surface area contributed by atoms with Crippen LogP contribution in [0.1, 0.15) is 55.3 Å². The summed E-state index contributed by atoms with van der Waals surface area (Å²) in [4.78, 5) is 27.3. The number of amides is 1. The number of aliphatic hydroxyl groups excluding tert-OH is 1. The maximum Gasteiger partial charge on any atom is 0.295 e. The van der Waals surface area contributed by atoms with Gasteiger partial charge >= 0.3 is 0 Å². The maximum absolute atomic E-state index is 12.9. The molecule has 0 radical (unpaired) electrons.